The van der Waals surface area contributed by atoms with E-state index < -0.39 is 0 Å². The lowest BCUT2D eigenvalue weighted by Crippen LogP contribution is -2.09. The van der Waals surface area contributed by atoms with E-state index in [0.717, 1.165) is 21.5 Å². The number of carbonyl (C=O) groups excluding carboxylic acids is 1. The molecule has 3 aromatic rings. The Labute approximate surface area is 148 Å². The van der Waals surface area contributed by atoms with Crippen molar-refractivity contribution in [2.24, 2.45) is 0 Å². The second-order valence-corrected chi connectivity index (χ2v) is 6.33. The molecule has 3 N–H and O–H groups in total. The minimum atomic E-state index is -0.379. The molecule has 0 spiro atoms. The van der Waals surface area contributed by atoms with Crippen molar-refractivity contribution in [1.29, 1.82) is 0 Å². The van der Waals surface area contributed by atoms with Gasteiger partial charge in [0.2, 0.25) is 0 Å². The van der Waals surface area contributed by atoms with Gasteiger partial charge in [0, 0.05) is 18.5 Å². The Bertz CT molecular complexity index is 893. The number of ether oxygens (including phenoxy) is 2. The number of hydrogen-bond donors (Lipinski definition) is 2. The van der Waals surface area contributed by atoms with E-state index >= 15 is 0 Å². The van der Waals surface area contributed by atoms with Crippen molar-refractivity contribution in [3.05, 3.63) is 41.0 Å². The third-order valence-electron chi connectivity index (χ3n) is 3.61. The zero-order chi connectivity index (χ0) is 17.8. The standard InChI is InChI=1S/C17H18N4O3S/c1-10-13-15(21-12-5-3-11(18)4-6-12)19-9-20-16(13)25-14(10)17(22)24-8-7-23-2/h3-6,9H,7-8,18H2,1-2H3,(H,19,20,21). The van der Waals surface area contributed by atoms with Crippen molar-refractivity contribution in [3.63, 3.8) is 0 Å². The van der Waals surface area contributed by atoms with E-state index in [0.29, 0.717) is 23.0 Å². The molecular formula is C17H18N4O3S. The Morgan fingerprint density at radius 3 is 2.72 bits per heavy atom. The van der Waals surface area contributed by atoms with Gasteiger partial charge in [0.05, 0.1) is 12.0 Å². The average Bonchev–Trinajstić information content (AvgIpc) is 2.95. The minimum absolute atomic E-state index is 0.214. The van der Waals surface area contributed by atoms with Gasteiger partial charge in [-0.05, 0) is 36.8 Å². The lowest BCUT2D eigenvalue weighted by Gasteiger charge is -2.07. The molecule has 0 saturated carbocycles. The van der Waals surface area contributed by atoms with E-state index in [1.165, 1.54) is 17.7 Å². The Morgan fingerprint density at radius 1 is 1.24 bits per heavy atom. The minimum Gasteiger partial charge on any atom is -0.459 e. The normalized spacial score (nSPS) is 10.8. The number of hydrogen-bond acceptors (Lipinski definition) is 8. The number of methoxy groups -OCH3 is 1. The Kier molecular flexibility index (Phi) is 5.11. The van der Waals surface area contributed by atoms with E-state index in [1.54, 1.807) is 19.2 Å². The van der Waals surface area contributed by atoms with Crippen LogP contribution in [0.3, 0.4) is 0 Å². The van der Waals surface area contributed by atoms with Crippen molar-refractivity contribution in [3.8, 4) is 0 Å². The molecule has 1 aromatic carbocycles. The molecule has 130 valence electrons. The second kappa shape index (κ2) is 7.45. The van der Waals surface area contributed by atoms with Gasteiger partial charge in [0.1, 0.15) is 28.5 Å². The van der Waals surface area contributed by atoms with Gasteiger partial charge in [-0.2, -0.15) is 0 Å². The Morgan fingerprint density at radius 2 is 2.00 bits per heavy atom. The van der Waals surface area contributed by atoms with Gasteiger partial charge >= 0.3 is 5.97 Å². The number of carbonyl (C=O) groups is 1. The number of benzene rings is 1. The van der Waals surface area contributed by atoms with Crippen LogP contribution in [0.15, 0.2) is 30.6 Å². The highest BCUT2D eigenvalue weighted by Gasteiger charge is 2.20. The van der Waals surface area contributed by atoms with Gasteiger partial charge in [-0.1, -0.05) is 0 Å². The lowest BCUT2D eigenvalue weighted by molar-refractivity contribution is 0.0393. The zero-order valence-corrected chi connectivity index (χ0v) is 14.7. The SMILES string of the molecule is COCCOC(=O)c1sc2ncnc(Nc3ccc(N)cc3)c2c1C. The predicted molar refractivity (Wildman–Crippen MR) is 98.4 cm³/mol. The topological polar surface area (TPSA) is 99.4 Å². The summed E-state index contributed by atoms with van der Waals surface area (Å²) in [6.45, 7) is 2.44. The van der Waals surface area contributed by atoms with E-state index in [-0.39, 0.29) is 12.6 Å². The van der Waals surface area contributed by atoms with E-state index in [4.69, 9.17) is 15.2 Å². The maximum absolute atomic E-state index is 12.3. The third kappa shape index (κ3) is 3.70. The Hall–Kier alpha value is -2.71. The molecule has 3 rings (SSSR count). The highest BCUT2D eigenvalue weighted by atomic mass is 32.1. The quantitative estimate of drug-likeness (QED) is 0.397. The van der Waals surface area contributed by atoms with Crippen LogP contribution in [0.1, 0.15) is 15.2 Å². The first-order chi connectivity index (χ1) is 12.1. The van der Waals surface area contributed by atoms with Crippen LogP contribution in [-0.2, 0) is 9.47 Å². The van der Waals surface area contributed by atoms with Crippen LogP contribution in [-0.4, -0.2) is 36.3 Å². The summed E-state index contributed by atoms with van der Waals surface area (Å²) < 4.78 is 10.1. The molecule has 0 amide bonds. The van der Waals surface area contributed by atoms with Crippen molar-refractivity contribution >= 4 is 44.7 Å². The summed E-state index contributed by atoms with van der Waals surface area (Å²) in [6.07, 6.45) is 1.47. The molecule has 0 atom stereocenters. The van der Waals surface area contributed by atoms with Crippen LogP contribution >= 0.6 is 11.3 Å². The van der Waals surface area contributed by atoms with Crippen molar-refractivity contribution in [2.45, 2.75) is 6.92 Å². The number of rotatable bonds is 6. The van der Waals surface area contributed by atoms with Gasteiger partial charge in [0.25, 0.3) is 0 Å². The first-order valence-corrected chi connectivity index (χ1v) is 8.44. The maximum Gasteiger partial charge on any atom is 0.348 e. The number of nitrogen functional groups attached to an aromatic ring is 1. The smallest absolute Gasteiger partial charge is 0.348 e. The Balaban J connectivity index is 1.92. The monoisotopic (exact) mass is 358 g/mol. The second-order valence-electron chi connectivity index (χ2n) is 5.33. The van der Waals surface area contributed by atoms with Crippen LogP contribution in [0.4, 0.5) is 17.2 Å². The fourth-order valence-corrected chi connectivity index (χ4v) is 3.39. The number of nitrogens with zero attached hydrogens (tertiary/aromatic N) is 2. The average molecular weight is 358 g/mol. The van der Waals surface area contributed by atoms with E-state index in [9.17, 15) is 4.79 Å². The van der Waals surface area contributed by atoms with Crippen molar-refractivity contribution in [1.82, 2.24) is 9.97 Å². The number of thiophene rings is 1. The molecule has 0 aliphatic heterocycles. The number of aromatic nitrogens is 2. The van der Waals surface area contributed by atoms with Gasteiger partial charge in [-0.15, -0.1) is 11.3 Å². The molecule has 0 radical (unpaired) electrons. The highest BCUT2D eigenvalue weighted by Crippen LogP contribution is 2.34. The fourth-order valence-electron chi connectivity index (χ4n) is 2.35. The number of fused-ring (bicyclic) bond motifs is 1. The van der Waals surface area contributed by atoms with Crippen LogP contribution in [0.2, 0.25) is 0 Å². The summed E-state index contributed by atoms with van der Waals surface area (Å²) in [4.78, 5) is 22.1. The molecule has 2 heterocycles. The van der Waals surface area contributed by atoms with Crippen LogP contribution < -0.4 is 11.1 Å². The maximum atomic E-state index is 12.3. The zero-order valence-electron chi connectivity index (χ0n) is 13.9. The van der Waals surface area contributed by atoms with Crippen LogP contribution in [0.5, 0.6) is 0 Å². The van der Waals surface area contributed by atoms with Gasteiger partial charge in [0.15, 0.2) is 0 Å². The van der Waals surface area contributed by atoms with Gasteiger partial charge in [-0.3, -0.25) is 0 Å². The van der Waals surface area contributed by atoms with E-state index in [2.05, 4.69) is 15.3 Å². The number of nitrogens with one attached hydrogen (secondary N) is 1. The number of anilines is 3. The fraction of sp³-hybridized carbons (Fsp3) is 0.235. The molecule has 0 unspecified atom stereocenters. The number of esters is 1. The third-order valence-corrected chi connectivity index (χ3v) is 4.79. The van der Waals surface area contributed by atoms with Crippen LogP contribution in [0, 0.1) is 6.92 Å². The highest BCUT2D eigenvalue weighted by molar-refractivity contribution is 7.20. The van der Waals surface area contributed by atoms with Gasteiger partial charge in [-0.25, -0.2) is 14.8 Å². The first-order valence-electron chi connectivity index (χ1n) is 7.63. The number of aryl methyl sites for hydroxylation is 1. The molecule has 0 aliphatic rings. The van der Waals surface area contributed by atoms with Crippen molar-refractivity contribution < 1.29 is 14.3 Å². The van der Waals surface area contributed by atoms with Crippen molar-refractivity contribution in [2.75, 3.05) is 31.4 Å². The molecule has 0 saturated heterocycles. The molecular weight excluding hydrogens is 340 g/mol. The van der Waals surface area contributed by atoms with Crippen LogP contribution in [0.25, 0.3) is 10.2 Å². The predicted octanol–water partition coefficient (Wildman–Crippen LogP) is 3.13. The molecule has 2 aromatic heterocycles. The molecule has 8 heteroatoms. The summed E-state index contributed by atoms with van der Waals surface area (Å²) in [7, 11) is 1.56. The summed E-state index contributed by atoms with van der Waals surface area (Å²) in [6, 6.07) is 7.34. The van der Waals surface area contributed by atoms with Gasteiger partial charge < -0.3 is 20.5 Å². The number of nitrogens with two attached hydrogens (primary N) is 1. The van der Waals surface area contributed by atoms with E-state index in [1.807, 2.05) is 19.1 Å². The largest absolute Gasteiger partial charge is 0.459 e. The summed E-state index contributed by atoms with van der Waals surface area (Å²) in [5, 5.41) is 4.06. The summed E-state index contributed by atoms with van der Waals surface area (Å²) >= 11 is 1.29. The summed E-state index contributed by atoms with van der Waals surface area (Å²) in [5.74, 6) is 0.260. The molecule has 7 nitrogen and oxygen atoms in total. The molecule has 0 fully saturated rings. The first kappa shape index (κ1) is 17.1. The molecule has 25 heavy (non-hydrogen) atoms. The lowest BCUT2D eigenvalue weighted by atomic mass is 10.2. The summed E-state index contributed by atoms with van der Waals surface area (Å²) in [5.41, 5.74) is 8.04. The molecule has 0 aliphatic carbocycles. The molecule has 0 bridgehead atoms.